The molecule has 333 valence electrons. The molecule has 12 rings (SSSR count). The molecule has 0 bridgehead atoms. The number of furan rings is 2. The molecule has 12 aromatic rings. The Bertz CT molecular complexity index is 3950. The minimum Gasteiger partial charge on any atom is -0.486 e. The number of para-hydroxylation sites is 2. The van der Waals surface area contributed by atoms with E-state index < -0.39 is 6.85 Å². The van der Waals surface area contributed by atoms with Gasteiger partial charge < -0.3 is 18.4 Å². The van der Waals surface area contributed by atoms with Crippen LogP contribution in [-0.4, -0.2) is 19.5 Å². The molecule has 0 fully saturated rings. The van der Waals surface area contributed by atoms with Gasteiger partial charge in [0, 0.05) is 68.6 Å². The third-order valence-electron chi connectivity index (χ3n) is 12.8. The summed E-state index contributed by atoms with van der Waals surface area (Å²) in [5, 5.41) is 7.04. The van der Waals surface area contributed by atoms with E-state index in [2.05, 4.69) is 120 Å². The van der Waals surface area contributed by atoms with Crippen LogP contribution in [0.15, 0.2) is 155 Å². The van der Waals surface area contributed by atoms with Crippen LogP contribution >= 0.6 is 0 Å². The number of imidazole rings is 1. The van der Waals surface area contributed by atoms with Crippen LogP contribution < -0.4 is 0 Å². The van der Waals surface area contributed by atoms with Crippen molar-refractivity contribution in [1.29, 1.82) is 0 Å². The van der Waals surface area contributed by atoms with Crippen LogP contribution in [-0.2, 0) is 25.5 Å². The summed E-state index contributed by atoms with van der Waals surface area (Å²) in [4.78, 5) is 14.7. The first kappa shape index (κ1) is 40.4. The maximum atomic E-state index is 8.68. The summed E-state index contributed by atoms with van der Waals surface area (Å²) in [5.41, 5.74) is 11.9. The quantitative estimate of drug-likeness (QED) is 0.127. The van der Waals surface area contributed by atoms with Crippen molar-refractivity contribution in [3.8, 4) is 28.3 Å². The van der Waals surface area contributed by atoms with E-state index in [1.807, 2.05) is 83.6 Å². The molecule has 7 heteroatoms. The van der Waals surface area contributed by atoms with Gasteiger partial charge in [0.15, 0.2) is 0 Å². The fourth-order valence-electron chi connectivity index (χ4n) is 9.46. The minimum absolute atomic E-state index is 0. The SMILES string of the molecule is CC(C)(C)c1ccnc(-c2[c-]cccc2)c1.[2H]C([2H])([2H])c1cccc2nc(-c3[c-]ccc4c3oc3nc5c(ccc6ccccc65)cc34)n(-c3c(C(C)C)cc4c(oc5ccccc54)c3C(C)C)c12.[Ir]. The summed E-state index contributed by atoms with van der Waals surface area (Å²) in [7, 11) is 0. The van der Waals surface area contributed by atoms with Crippen molar-refractivity contribution < 1.29 is 33.1 Å². The third-order valence-corrected chi connectivity index (χ3v) is 12.8. The summed E-state index contributed by atoms with van der Waals surface area (Å²) in [6.07, 6.45) is 1.87. The van der Waals surface area contributed by atoms with Gasteiger partial charge in [-0.3, -0.25) is 4.98 Å². The van der Waals surface area contributed by atoms with E-state index in [9.17, 15) is 0 Å². The molecule has 0 aliphatic rings. The minimum atomic E-state index is -2.41. The van der Waals surface area contributed by atoms with Gasteiger partial charge >= 0.3 is 0 Å². The predicted molar refractivity (Wildman–Crippen MR) is 273 cm³/mol. The van der Waals surface area contributed by atoms with Crippen LogP contribution in [0.25, 0.3) is 105 Å². The molecule has 1 radical (unpaired) electrons. The molecule has 0 unspecified atom stereocenters. The van der Waals surface area contributed by atoms with E-state index in [-0.39, 0.29) is 42.9 Å². The first-order valence-corrected chi connectivity index (χ1v) is 22.7. The largest absolute Gasteiger partial charge is 0.486 e. The van der Waals surface area contributed by atoms with Crippen LogP contribution in [0.5, 0.6) is 0 Å². The van der Waals surface area contributed by atoms with Gasteiger partial charge in [0.25, 0.3) is 0 Å². The molecule has 67 heavy (non-hydrogen) atoms. The average molecular weight is 1050 g/mol. The van der Waals surface area contributed by atoms with Gasteiger partial charge in [0.2, 0.25) is 5.71 Å². The van der Waals surface area contributed by atoms with Crippen LogP contribution in [0.4, 0.5) is 0 Å². The van der Waals surface area contributed by atoms with Crippen molar-refractivity contribution in [2.45, 2.75) is 72.6 Å². The maximum absolute atomic E-state index is 8.68. The molecule has 0 atom stereocenters. The van der Waals surface area contributed by atoms with Crippen LogP contribution in [0.2, 0.25) is 0 Å². The standard InChI is InChI=1S/C45H34N3O2.C15H16N.Ir/c1-24(2)33-23-34-30-15-8-9-19-37(30)49-43(34)38(25(3)4)41(33)48-40-26(5)12-10-18-36(40)46-44(48)32-17-11-16-31-35-22-28-21-20-27-13-6-7-14-29(27)39(28)47-45(35)50-42(31)32;1-15(2,3)13-9-10-16-14(11-13)12-7-5-4-6-8-12;/h6-16,18-25H,1-5H3;4-7,9-11H,1-3H3;/q2*-1;/i5D3;;. The second-order valence-electron chi connectivity index (χ2n) is 18.8. The smallest absolute Gasteiger partial charge is 0.216 e. The number of pyridine rings is 2. The molecule has 5 aromatic heterocycles. The third kappa shape index (κ3) is 7.51. The second-order valence-corrected chi connectivity index (χ2v) is 18.8. The maximum Gasteiger partial charge on any atom is 0.216 e. The van der Waals surface area contributed by atoms with Gasteiger partial charge in [-0.15, -0.1) is 54.1 Å². The van der Waals surface area contributed by atoms with Crippen molar-refractivity contribution in [1.82, 2.24) is 19.5 Å². The van der Waals surface area contributed by atoms with Gasteiger partial charge in [-0.05, 0) is 82.2 Å². The van der Waals surface area contributed by atoms with E-state index >= 15 is 0 Å². The summed E-state index contributed by atoms with van der Waals surface area (Å²) in [6.45, 7) is 12.9. The Morgan fingerprint density at radius 1 is 0.657 bits per heavy atom. The number of aromatic nitrogens is 4. The van der Waals surface area contributed by atoms with Crippen molar-refractivity contribution in [2.24, 2.45) is 0 Å². The molecule has 0 saturated carbocycles. The molecule has 0 aliphatic carbocycles. The van der Waals surface area contributed by atoms with Crippen molar-refractivity contribution in [2.75, 3.05) is 0 Å². The van der Waals surface area contributed by atoms with Gasteiger partial charge in [-0.25, -0.2) is 4.98 Å². The zero-order valence-corrected chi connectivity index (χ0v) is 40.8. The van der Waals surface area contributed by atoms with E-state index in [0.717, 1.165) is 82.5 Å². The van der Waals surface area contributed by atoms with Crippen LogP contribution in [0, 0.1) is 19.0 Å². The topological polar surface area (TPSA) is 69.9 Å². The molecule has 7 aromatic carbocycles. The van der Waals surface area contributed by atoms with Crippen LogP contribution in [0.3, 0.4) is 0 Å². The Hall–Kier alpha value is -6.92. The van der Waals surface area contributed by atoms with Gasteiger partial charge in [0.05, 0.1) is 28.0 Å². The average Bonchev–Trinajstić information content (AvgIpc) is 4.03. The van der Waals surface area contributed by atoms with Gasteiger partial charge in [-0.2, -0.15) is 0 Å². The van der Waals surface area contributed by atoms with E-state index in [0.29, 0.717) is 33.7 Å². The molecule has 0 saturated heterocycles. The Kier molecular flexibility index (Phi) is 10.3. The number of nitrogens with zero attached hydrogens (tertiary/aromatic N) is 4. The number of benzene rings is 7. The van der Waals surface area contributed by atoms with Crippen molar-refractivity contribution in [3.63, 3.8) is 0 Å². The number of hydrogen-bond donors (Lipinski definition) is 0. The Labute approximate surface area is 408 Å². The summed E-state index contributed by atoms with van der Waals surface area (Å²) in [6, 6.07) is 53.0. The number of rotatable bonds is 5. The normalized spacial score (nSPS) is 12.9. The zero-order chi connectivity index (χ0) is 47.9. The van der Waals surface area contributed by atoms with Gasteiger partial charge in [-0.1, -0.05) is 132 Å². The fraction of sp³-hybridized carbons (Fsp3) is 0.183. The van der Waals surface area contributed by atoms with Crippen molar-refractivity contribution in [3.05, 3.63) is 180 Å². The number of hydrogen-bond acceptors (Lipinski definition) is 5. The number of fused-ring (bicyclic) bond motifs is 10. The molecule has 0 spiro atoms. The second kappa shape index (κ2) is 17.1. The molecule has 0 aliphatic heterocycles. The molecule has 0 amide bonds. The van der Waals surface area contributed by atoms with Crippen LogP contribution in [0.1, 0.15) is 86.7 Å². The predicted octanol–water partition coefficient (Wildman–Crippen LogP) is 16.4. The first-order chi connectivity index (χ1) is 33.2. The molecule has 0 N–H and O–H groups in total. The summed E-state index contributed by atoms with van der Waals surface area (Å²) >= 11 is 0. The van der Waals surface area contributed by atoms with E-state index in [1.165, 1.54) is 5.56 Å². The Morgan fingerprint density at radius 3 is 2.22 bits per heavy atom. The molecule has 6 nitrogen and oxygen atoms in total. The monoisotopic (exact) mass is 1050 g/mol. The summed E-state index contributed by atoms with van der Waals surface area (Å²) < 4.78 is 41.5. The van der Waals surface area contributed by atoms with E-state index in [1.54, 1.807) is 12.1 Å². The fourth-order valence-corrected chi connectivity index (χ4v) is 9.46. The molecule has 5 heterocycles. The zero-order valence-electron chi connectivity index (χ0n) is 41.4. The molecular weight excluding hydrogens is 1000 g/mol. The Morgan fingerprint density at radius 2 is 1.45 bits per heavy atom. The van der Waals surface area contributed by atoms with Crippen molar-refractivity contribution >= 4 is 76.7 Å². The van der Waals surface area contributed by atoms with Gasteiger partial charge in [0.1, 0.15) is 11.2 Å². The Balaban J connectivity index is 0.000000285. The number of aryl methyl sites for hydroxylation is 1. The van der Waals surface area contributed by atoms with E-state index in [4.69, 9.17) is 22.9 Å². The molecular formula is C60H50IrN4O2-2. The first-order valence-electron chi connectivity index (χ1n) is 24.2. The summed E-state index contributed by atoms with van der Waals surface area (Å²) in [5.74, 6) is 0.619.